The Morgan fingerprint density at radius 2 is 1.89 bits per heavy atom. The van der Waals surface area contributed by atoms with Gasteiger partial charge in [0.2, 0.25) is 10.0 Å². The minimum Gasteiger partial charge on any atom is -0.392 e. The highest BCUT2D eigenvalue weighted by Gasteiger charge is 2.22. The van der Waals surface area contributed by atoms with Gasteiger partial charge in [-0.25, -0.2) is 17.5 Å². The van der Waals surface area contributed by atoms with Gasteiger partial charge in [-0.3, -0.25) is 0 Å². The first-order valence-electron chi connectivity index (χ1n) is 5.96. The van der Waals surface area contributed by atoms with Gasteiger partial charge in [0.1, 0.15) is 5.82 Å². The second-order valence-electron chi connectivity index (χ2n) is 5.74. The first-order chi connectivity index (χ1) is 8.57. The highest BCUT2D eigenvalue weighted by molar-refractivity contribution is 7.89. The fourth-order valence-electron chi connectivity index (χ4n) is 1.47. The summed E-state index contributed by atoms with van der Waals surface area (Å²) in [7, 11) is -3.78. The van der Waals surface area contributed by atoms with E-state index in [2.05, 4.69) is 4.72 Å². The molecular weight excluding hydrogens is 269 g/mol. The van der Waals surface area contributed by atoms with E-state index < -0.39 is 22.4 Å². The normalized spacial score (nSPS) is 12.7. The number of nitrogens with one attached hydrogen (secondary N) is 1. The van der Waals surface area contributed by atoms with E-state index in [1.165, 1.54) is 13.0 Å². The zero-order chi connectivity index (χ0) is 14.8. The third-order valence-electron chi connectivity index (χ3n) is 2.62. The van der Waals surface area contributed by atoms with Gasteiger partial charge in [0.25, 0.3) is 0 Å². The highest BCUT2D eigenvalue weighted by atomic mass is 32.2. The maximum Gasteiger partial charge on any atom is 0.240 e. The molecule has 0 fully saturated rings. The molecule has 0 atom stereocenters. The van der Waals surface area contributed by atoms with Crippen LogP contribution in [-0.2, 0) is 16.6 Å². The molecule has 108 valence electrons. The molecule has 0 saturated carbocycles. The van der Waals surface area contributed by atoms with Crippen molar-refractivity contribution in [2.45, 2.75) is 39.2 Å². The monoisotopic (exact) mass is 289 g/mol. The molecule has 6 heteroatoms. The number of hydrogen-bond acceptors (Lipinski definition) is 3. The van der Waals surface area contributed by atoms with Gasteiger partial charge in [-0.05, 0) is 30.0 Å². The lowest BCUT2D eigenvalue weighted by molar-refractivity contribution is 0.281. The van der Waals surface area contributed by atoms with Crippen molar-refractivity contribution in [3.8, 4) is 0 Å². The Labute approximate surface area is 113 Å². The molecule has 0 amide bonds. The minimum atomic E-state index is -3.78. The molecule has 0 unspecified atom stereocenters. The molecule has 19 heavy (non-hydrogen) atoms. The van der Waals surface area contributed by atoms with Crippen LogP contribution in [0.5, 0.6) is 0 Å². The van der Waals surface area contributed by atoms with Crippen molar-refractivity contribution < 1.29 is 17.9 Å². The highest BCUT2D eigenvalue weighted by Crippen LogP contribution is 2.21. The van der Waals surface area contributed by atoms with Crippen LogP contribution in [0.1, 0.15) is 31.9 Å². The average Bonchev–Trinajstić information content (AvgIpc) is 2.29. The molecular formula is C13H20FNO3S. The lowest BCUT2D eigenvalue weighted by Crippen LogP contribution is -2.32. The van der Waals surface area contributed by atoms with E-state index in [4.69, 9.17) is 5.11 Å². The number of rotatable bonds is 4. The molecule has 1 aromatic rings. The summed E-state index contributed by atoms with van der Waals surface area (Å²) < 4.78 is 40.4. The molecule has 0 spiro atoms. The van der Waals surface area contributed by atoms with Gasteiger partial charge in [0, 0.05) is 12.1 Å². The molecule has 1 rings (SSSR count). The van der Waals surface area contributed by atoms with E-state index in [1.807, 2.05) is 20.8 Å². The van der Waals surface area contributed by atoms with Gasteiger partial charge >= 0.3 is 0 Å². The van der Waals surface area contributed by atoms with Crippen LogP contribution >= 0.6 is 0 Å². The molecule has 0 aliphatic carbocycles. The Hall–Kier alpha value is -0.980. The summed E-state index contributed by atoms with van der Waals surface area (Å²) in [5.41, 5.74) is 0.0755. The van der Waals surface area contributed by atoms with Crippen molar-refractivity contribution >= 4 is 10.0 Å². The van der Waals surface area contributed by atoms with E-state index in [9.17, 15) is 12.8 Å². The Morgan fingerprint density at radius 1 is 1.32 bits per heavy atom. The van der Waals surface area contributed by atoms with Crippen molar-refractivity contribution in [3.05, 3.63) is 29.1 Å². The van der Waals surface area contributed by atoms with Gasteiger partial charge in [-0.15, -0.1) is 0 Å². The van der Waals surface area contributed by atoms with Gasteiger partial charge in [0.15, 0.2) is 0 Å². The Kier molecular flexibility index (Phi) is 4.71. The summed E-state index contributed by atoms with van der Waals surface area (Å²) in [4.78, 5) is -0.124. The fraction of sp³-hybridized carbons (Fsp3) is 0.538. The lowest BCUT2D eigenvalue weighted by Gasteiger charge is -2.19. The fourth-order valence-corrected chi connectivity index (χ4v) is 3.05. The average molecular weight is 289 g/mol. The van der Waals surface area contributed by atoms with Crippen LogP contribution in [0.15, 0.2) is 17.0 Å². The third-order valence-corrected chi connectivity index (χ3v) is 4.15. The summed E-state index contributed by atoms with van der Waals surface area (Å²) in [5.74, 6) is -0.636. The van der Waals surface area contributed by atoms with Crippen LogP contribution in [0, 0.1) is 18.2 Å². The van der Waals surface area contributed by atoms with Crippen LogP contribution in [0.2, 0.25) is 0 Å². The molecule has 1 aromatic carbocycles. The quantitative estimate of drug-likeness (QED) is 0.890. The van der Waals surface area contributed by atoms with Crippen molar-refractivity contribution in [3.63, 3.8) is 0 Å². The predicted molar refractivity (Wildman–Crippen MR) is 71.7 cm³/mol. The largest absolute Gasteiger partial charge is 0.392 e. The summed E-state index contributed by atoms with van der Waals surface area (Å²) in [5, 5.41) is 9.02. The zero-order valence-electron chi connectivity index (χ0n) is 11.6. The summed E-state index contributed by atoms with van der Waals surface area (Å²) >= 11 is 0. The molecule has 4 nitrogen and oxygen atoms in total. The standard InChI is InChI=1S/C13H20FNO3S/c1-9-11(14)5-10(7-16)6-12(9)19(17,18)15-8-13(2,3)4/h5-6,15-16H,7-8H2,1-4H3. The maximum atomic E-state index is 13.6. The van der Waals surface area contributed by atoms with Crippen molar-refractivity contribution in [2.75, 3.05) is 6.54 Å². The Bertz CT molecular complexity index is 562. The number of benzene rings is 1. The summed E-state index contributed by atoms with van der Waals surface area (Å²) in [6.07, 6.45) is 0. The van der Waals surface area contributed by atoms with Crippen molar-refractivity contribution in [1.29, 1.82) is 0 Å². The van der Waals surface area contributed by atoms with Crippen LogP contribution in [0.3, 0.4) is 0 Å². The molecule has 0 saturated heterocycles. The van der Waals surface area contributed by atoms with Crippen LogP contribution < -0.4 is 4.72 Å². The van der Waals surface area contributed by atoms with Crippen LogP contribution in [0.25, 0.3) is 0 Å². The zero-order valence-corrected chi connectivity index (χ0v) is 12.4. The predicted octanol–water partition coefficient (Wildman–Crippen LogP) is 1.95. The summed E-state index contributed by atoms with van der Waals surface area (Å²) in [6, 6.07) is 2.43. The van der Waals surface area contributed by atoms with E-state index in [-0.39, 0.29) is 28.0 Å². The first-order valence-corrected chi connectivity index (χ1v) is 7.45. The van der Waals surface area contributed by atoms with E-state index in [1.54, 1.807) is 0 Å². The topological polar surface area (TPSA) is 66.4 Å². The van der Waals surface area contributed by atoms with Gasteiger partial charge in [-0.2, -0.15) is 0 Å². The molecule has 2 N–H and O–H groups in total. The Balaban J connectivity index is 3.17. The first kappa shape index (κ1) is 16.1. The number of halogens is 1. The smallest absolute Gasteiger partial charge is 0.240 e. The second kappa shape index (κ2) is 5.56. The van der Waals surface area contributed by atoms with Gasteiger partial charge in [-0.1, -0.05) is 20.8 Å². The third kappa shape index (κ3) is 4.26. The lowest BCUT2D eigenvalue weighted by atomic mass is 9.98. The molecule has 0 heterocycles. The van der Waals surface area contributed by atoms with E-state index in [0.717, 1.165) is 6.07 Å². The SMILES string of the molecule is Cc1c(F)cc(CO)cc1S(=O)(=O)NCC(C)(C)C. The number of aliphatic hydroxyl groups is 1. The summed E-state index contributed by atoms with van der Waals surface area (Å²) in [6.45, 7) is 6.94. The van der Waals surface area contributed by atoms with E-state index >= 15 is 0 Å². The van der Waals surface area contributed by atoms with Crippen molar-refractivity contribution in [1.82, 2.24) is 4.72 Å². The molecule has 0 aromatic heterocycles. The molecule has 0 radical (unpaired) electrons. The number of hydrogen-bond donors (Lipinski definition) is 2. The molecule has 0 aliphatic heterocycles. The van der Waals surface area contributed by atoms with E-state index in [0.29, 0.717) is 0 Å². The Morgan fingerprint density at radius 3 is 2.37 bits per heavy atom. The van der Waals surface area contributed by atoms with Crippen LogP contribution in [-0.4, -0.2) is 20.1 Å². The maximum absolute atomic E-state index is 13.6. The van der Waals surface area contributed by atoms with Crippen molar-refractivity contribution in [2.24, 2.45) is 5.41 Å². The van der Waals surface area contributed by atoms with Gasteiger partial charge < -0.3 is 5.11 Å². The molecule has 0 aliphatic rings. The minimum absolute atomic E-state index is 0.0543. The molecule has 0 bridgehead atoms. The second-order valence-corrected chi connectivity index (χ2v) is 7.48. The van der Waals surface area contributed by atoms with Crippen LogP contribution in [0.4, 0.5) is 4.39 Å². The number of aliphatic hydroxyl groups excluding tert-OH is 1. The number of sulfonamides is 1. The van der Waals surface area contributed by atoms with Gasteiger partial charge in [0.05, 0.1) is 11.5 Å².